The van der Waals surface area contributed by atoms with Crippen molar-refractivity contribution in [3.8, 4) is 0 Å². The van der Waals surface area contributed by atoms with E-state index in [-0.39, 0.29) is 0 Å². The summed E-state index contributed by atoms with van der Waals surface area (Å²) in [7, 11) is 0. The standard InChI is InChI=1S/C14H27N.C13H25N.C11H21N/c1-13(2)7-6-8-14(3)9-12-15-10-4-5-11-15;1-12(2)7-6-8-13(3)11-14-9-4-5-10-14;1-11(2)7-3-4-8-12-9-5-6-10-12/h7,14H,4-6,8-12H2,1-3H3;7,13H,4-6,8-11H2,1-3H3;7H,3-6,8-10H2,1-2H3. The van der Waals surface area contributed by atoms with Gasteiger partial charge in [0.1, 0.15) is 0 Å². The molecule has 3 aliphatic rings. The third-order valence-corrected chi connectivity index (χ3v) is 8.76. The van der Waals surface area contributed by atoms with Crippen LogP contribution in [0.25, 0.3) is 0 Å². The molecule has 3 heteroatoms. The Morgan fingerprint density at radius 3 is 1.34 bits per heavy atom. The van der Waals surface area contributed by atoms with Crippen LogP contribution in [0, 0.1) is 11.8 Å². The molecular weight excluding hydrogens is 498 g/mol. The van der Waals surface area contributed by atoms with Crippen molar-refractivity contribution in [2.45, 2.75) is 139 Å². The van der Waals surface area contributed by atoms with Crippen LogP contribution in [0.5, 0.6) is 0 Å². The lowest BCUT2D eigenvalue weighted by Gasteiger charge is -2.19. The summed E-state index contributed by atoms with van der Waals surface area (Å²) in [5, 5.41) is 0. The van der Waals surface area contributed by atoms with Gasteiger partial charge in [0, 0.05) is 6.54 Å². The maximum Gasteiger partial charge on any atom is 0.000713 e. The van der Waals surface area contributed by atoms with Crippen molar-refractivity contribution in [1.82, 2.24) is 14.7 Å². The quantitative estimate of drug-likeness (QED) is 0.143. The molecule has 2 atom stereocenters. The van der Waals surface area contributed by atoms with E-state index in [2.05, 4.69) is 88.3 Å². The lowest BCUT2D eigenvalue weighted by Crippen LogP contribution is -2.25. The topological polar surface area (TPSA) is 9.72 Å². The van der Waals surface area contributed by atoms with Crippen LogP contribution in [0.4, 0.5) is 0 Å². The minimum absolute atomic E-state index is 0.865. The van der Waals surface area contributed by atoms with Crippen molar-refractivity contribution in [2.75, 3.05) is 58.9 Å². The zero-order chi connectivity index (χ0) is 30.3. The molecule has 0 aromatic carbocycles. The molecule has 41 heavy (non-hydrogen) atoms. The van der Waals surface area contributed by atoms with Crippen molar-refractivity contribution in [2.24, 2.45) is 11.8 Å². The fourth-order valence-corrected chi connectivity index (χ4v) is 6.08. The van der Waals surface area contributed by atoms with Crippen molar-refractivity contribution in [3.05, 3.63) is 34.9 Å². The van der Waals surface area contributed by atoms with Crippen molar-refractivity contribution >= 4 is 0 Å². The van der Waals surface area contributed by atoms with Crippen LogP contribution in [0.3, 0.4) is 0 Å². The van der Waals surface area contributed by atoms with Crippen molar-refractivity contribution in [3.63, 3.8) is 0 Å². The van der Waals surface area contributed by atoms with Gasteiger partial charge in [-0.2, -0.15) is 0 Å². The summed E-state index contributed by atoms with van der Waals surface area (Å²) < 4.78 is 0. The summed E-state index contributed by atoms with van der Waals surface area (Å²) in [6.45, 7) is 29.9. The molecule has 3 fully saturated rings. The molecule has 0 aliphatic carbocycles. The van der Waals surface area contributed by atoms with Gasteiger partial charge in [0.15, 0.2) is 0 Å². The second kappa shape index (κ2) is 24.5. The Hall–Kier alpha value is -0.900. The average Bonchev–Trinajstić information content (AvgIpc) is 3.70. The second-order valence-corrected chi connectivity index (χ2v) is 14.2. The predicted molar refractivity (Wildman–Crippen MR) is 186 cm³/mol. The lowest BCUT2D eigenvalue weighted by atomic mass is 10.0. The van der Waals surface area contributed by atoms with E-state index < -0.39 is 0 Å². The Morgan fingerprint density at radius 1 is 0.488 bits per heavy atom. The van der Waals surface area contributed by atoms with Gasteiger partial charge in [-0.1, -0.05) is 48.8 Å². The van der Waals surface area contributed by atoms with Gasteiger partial charge < -0.3 is 14.7 Å². The summed E-state index contributed by atoms with van der Waals surface area (Å²) in [4.78, 5) is 7.82. The molecule has 240 valence electrons. The highest BCUT2D eigenvalue weighted by Crippen LogP contribution is 2.16. The van der Waals surface area contributed by atoms with Gasteiger partial charge in [-0.25, -0.2) is 0 Å². The second-order valence-electron chi connectivity index (χ2n) is 14.2. The van der Waals surface area contributed by atoms with E-state index >= 15 is 0 Å². The molecular formula is C38H73N3. The van der Waals surface area contributed by atoms with E-state index in [0.717, 1.165) is 11.8 Å². The summed E-state index contributed by atoms with van der Waals surface area (Å²) in [6, 6.07) is 0. The Labute approximate surface area is 258 Å². The maximum absolute atomic E-state index is 2.62. The van der Waals surface area contributed by atoms with Gasteiger partial charge in [-0.3, -0.25) is 0 Å². The van der Waals surface area contributed by atoms with Crippen LogP contribution < -0.4 is 0 Å². The lowest BCUT2D eigenvalue weighted by molar-refractivity contribution is 0.281. The number of rotatable bonds is 15. The Morgan fingerprint density at radius 2 is 0.878 bits per heavy atom. The SMILES string of the molecule is CC(C)=CCCC(C)CCN1CCCC1.CC(C)=CCCC(C)CN1CCCC1.CC(C)=CCCCN1CCCC1. The molecule has 3 nitrogen and oxygen atoms in total. The van der Waals surface area contributed by atoms with Crippen LogP contribution in [-0.2, 0) is 0 Å². The highest BCUT2D eigenvalue weighted by molar-refractivity contribution is 4.94. The van der Waals surface area contributed by atoms with Gasteiger partial charge in [-0.15, -0.1) is 0 Å². The van der Waals surface area contributed by atoms with E-state index in [1.54, 1.807) is 0 Å². The first-order chi connectivity index (χ1) is 19.7. The van der Waals surface area contributed by atoms with E-state index in [0.29, 0.717) is 0 Å². The van der Waals surface area contributed by atoms with E-state index in [9.17, 15) is 0 Å². The van der Waals surface area contributed by atoms with Crippen LogP contribution >= 0.6 is 0 Å². The Bertz CT molecular complexity index is 691. The number of hydrogen-bond acceptors (Lipinski definition) is 3. The number of likely N-dealkylation sites (tertiary alicyclic amines) is 3. The summed E-state index contributed by atoms with van der Waals surface area (Å²) >= 11 is 0. The third kappa shape index (κ3) is 23.3. The fraction of sp³-hybridized carbons (Fsp3) is 0.842. The molecule has 0 aromatic heterocycles. The normalized spacial score (nSPS) is 19.0. The minimum atomic E-state index is 0.865. The molecule has 0 N–H and O–H groups in total. The molecule has 0 spiro atoms. The zero-order valence-corrected chi connectivity index (χ0v) is 29.3. The first kappa shape index (κ1) is 38.1. The van der Waals surface area contributed by atoms with Gasteiger partial charge in [0.25, 0.3) is 0 Å². The van der Waals surface area contributed by atoms with Gasteiger partial charge >= 0.3 is 0 Å². The van der Waals surface area contributed by atoms with Crippen molar-refractivity contribution < 1.29 is 0 Å². The summed E-state index contributed by atoms with van der Waals surface area (Å²) in [6.07, 6.45) is 24.8. The largest absolute Gasteiger partial charge is 0.303 e. The Kier molecular flexibility index (Phi) is 22.8. The van der Waals surface area contributed by atoms with Crippen LogP contribution in [0.2, 0.25) is 0 Å². The third-order valence-electron chi connectivity index (χ3n) is 8.76. The fourth-order valence-electron chi connectivity index (χ4n) is 6.08. The number of unbranched alkanes of at least 4 members (excludes halogenated alkanes) is 1. The van der Waals surface area contributed by atoms with Crippen molar-refractivity contribution in [1.29, 1.82) is 0 Å². The Balaban J connectivity index is 0.000000309. The number of hydrogen-bond donors (Lipinski definition) is 0. The van der Waals surface area contributed by atoms with Crippen LogP contribution in [0.1, 0.15) is 139 Å². The van der Waals surface area contributed by atoms with Gasteiger partial charge in [0.05, 0.1) is 0 Å². The molecule has 0 aromatic rings. The molecule has 0 radical (unpaired) electrons. The first-order valence-electron chi connectivity index (χ1n) is 17.7. The summed E-state index contributed by atoms with van der Waals surface area (Å²) in [5.41, 5.74) is 4.37. The molecule has 0 amide bonds. The highest BCUT2D eigenvalue weighted by Gasteiger charge is 2.14. The minimum Gasteiger partial charge on any atom is -0.303 e. The van der Waals surface area contributed by atoms with Gasteiger partial charge in [0.2, 0.25) is 0 Å². The summed E-state index contributed by atoms with van der Waals surface area (Å²) in [5.74, 6) is 1.75. The smallest absolute Gasteiger partial charge is 0.000713 e. The van der Waals surface area contributed by atoms with E-state index in [4.69, 9.17) is 0 Å². The van der Waals surface area contributed by atoms with Crippen LogP contribution in [-0.4, -0.2) is 73.6 Å². The molecule has 3 saturated heterocycles. The number of nitrogens with zero attached hydrogens (tertiary/aromatic N) is 3. The predicted octanol–water partition coefficient (Wildman–Crippen LogP) is 10.1. The average molecular weight is 572 g/mol. The zero-order valence-electron chi connectivity index (χ0n) is 29.3. The molecule has 3 rings (SSSR count). The molecule has 3 aliphatic heterocycles. The molecule has 0 saturated carbocycles. The maximum atomic E-state index is 2.62. The molecule has 0 bridgehead atoms. The number of allylic oxidation sites excluding steroid dienone is 6. The monoisotopic (exact) mass is 572 g/mol. The van der Waals surface area contributed by atoms with Gasteiger partial charge in [-0.05, 0) is 189 Å². The van der Waals surface area contributed by atoms with E-state index in [1.165, 1.54) is 159 Å². The molecule has 2 unspecified atom stereocenters. The van der Waals surface area contributed by atoms with Crippen LogP contribution in [0.15, 0.2) is 34.9 Å². The molecule has 3 heterocycles. The van der Waals surface area contributed by atoms with E-state index in [1.807, 2.05) is 0 Å². The first-order valence-corrected chi connectivity index (χ1v) is 17.7. The highest BCUT2D eigenvalue weighted by atomic mass is 15.1.